The van der Waals surface area contributed by atoms with Crippen molar-refractivity contribution < 1.29 is 19.7 Å². The fraction of sp³-hybridized carbons (Fsp3) is 0.250. The number of carbonyl (C=O) groups is 1. The van der Waals surface area contributed by atoms with Crippen molar-refractivity contribution in [1.29, 1.82) is 0 Å². The molecule has 0 heterocycles. The molecule has 4 nitrogen and oxygen atoms in total. The normalized spacial score (nSPS) is 9.44. The van der Waals surface area contributed by atoms with E-state index in [1.165, 1.54) is 7.11 Å². The van der Waals surface area contributed by atoms with Crippen LogP contribution in [0.4, 0.5) is 0 Å². The smallest absolute Gasteiger partial charge is 0.300 e. The Balaban J connectivity index is 0.000000487. The standard InChI is InChI=1S/C10H12O2.C2H4O2/c1-3-4-8-5-6-9(11)10(7-8)12-2;1-2(3)4/h3-7,11H,1-2H3;1H3,(H,3,4). The largest absolute Gasteiger partial charge is 0.504 e. The second kappa shape index (κ2) is 7.34. The zero-order chi connectivity index (χ0) is 12.6. The zero-order valence-electron chi connectivity index (χ0n) is 9.60. The first kappa shape index (κ1) is 14.0. The van der Waals surface area contributed by atoms with Crippen LogP contribution in [0.2, 0.25) is 0 Å². The molecule has 0 amide bonds. The summed E-state index contributed by atoms with van der Waals surface area (Å²) in [7, 11) is 1.54. The summed E-state index contributed by atoms with van der Waals surface area (Å²) in [5, 5.41) is 16.7. The first-order chi connectivity index (χ1) is 7.51. The number of rotatable bonds is 2. The fourth-order valence-electron chi connectivity index (χ4n) is 0.990. The maximum Gasteiger partial charge on any atom is 0.300 e. The van der Waals surface area contributed by atoms with E-state index in [0.717, 1.165) is 12.5 Å². The van der Waals surface area contributed by atoms with Crippen molar-refractivity contribution in [1.82, 2.24) is 0 Å². The number of hydrogen-bond donors (Lipinski definition) is 2. The molecule has 88 valence electrons. The molecule has 1 aromatic carbocycles. The molecule has 16 heavy (non-hydrogen) atoms. The minimum absolute atomic E-state index is 0.172. The predicted octanol–water partition coefficient (Wildman–Crippen LogP) is 2.52. The minimum Gasteiger partial charge on any atom is -0.504 e. The van der Waals surface area contributed by atoms with Gasteiger partial charge in [0.25, 0.3) is 5.97 Å². The molecule has 0 bridgehead atoms. The van der Waals surface area contributed by atoms with Gasteiger partial charge in [0.05, 0.1) is 7.11 Å². The van der Waals surface area contributed by atoms with Crippen LogP contribution in [0.1, 0.15) is 19.4 Å². The van der Waals surface area contributed by atoms with E-state index in [2.05, 4.69) is 0 Å². The van der Waals surface area contributed by atoms with Crippen LogP contribution < -0.4 is 4.74 Å². The average molecular weight is 224 g/mol. The third-order valence-electron chi connectivity index (χ3n) is 1.56. The molecule has 0 aromatic heterocycles. The molecular weight excluding hydrogens is 208 g/mol. The molecule has 0 radical (unpaired) electrons. The van der Waals surface area contributed by atoms with Crippen molar-refractivity contribution in [3.05, 3.63) is 29.8 Å². The van der Waals surface area contributed by atoms with Crippen molar-refractivity contribution in [3.63, 3.8) is 0 Å². The summed E-state index contributed by atoms with van der Waals surface area (Å²) in [6, 6.07) is 5.24. The highest BCUT2D eigenvalue weighted by molar-refractivity contribution is 5.63. The average Bonchev–Trinajstić information content (AvgIpc) is 2.20. The molecule has 0 unspecified atom stereocenters. The number of benzene rings is 1. The highest BCUT2D eigenvalue weighted by atomic mass is 16.5. The van der Waals surface area contributed by atoms with Gasteiger partial charge in [-0.1, -0.05) is 18.2 Å². The number of carboxylic acids is 1. The number of methoxy groups -OCH3 is 1. The van der Waals surface area contributed by atoms with E-state index in [1.807, 2.05) is 25.1 Å². The Hall–Kier alpha value is -1.97. The number of phenols is 1. The third kappa shape index (κ3) is 5.70. The Morgan fingerprint density at radius 3 is 2.44 bits per heavy atom. The second-order valence-electron chi connectivity index (χ2n) is 2.95. The molecule has 0 aliphatic rings. The molecule has 0 fully saturated rings. The van der Waals surface area contributed by atoms with Gasteiger partial charge in [0.15, 0.2) is 11.5 Å². The van der Waals surface area contributed by atoms with E-state index in [1.54, 1.807) is 12.1 Å². The number of aliphatic carboxylic acids is 1. The van der Waals surface area contributed by atoms with Gasteiger partial charge in [-0.15, -0.1) is 0 Å². The monoisotopic (exact) mass is 224 g/mol. The lowest BCUT2D eigenvalue weighted by Gasteiger charge is -2.03. The Bertz CT molecular complexity index is 365. The summed E-state index contributed by atoms with van der Waals surface area (Å²) < 4.78 is 4.95. The van der Waals surface area contributed by atoms with Crippen molar-refractivity contribution in [2.75, 3.05) is 7.11 Å². The van der Waals surface area contributed by atoms with E-state index in [4.69, 9.17) is 14.6 Å². The van der Waals surface area contributed by atoms with Crippen molar-refractivity contribution in [2.24, 2.45) is 0 Å². The Morgan fingerprint density at radius 1 is 1.44 bits per heavy atom. The molecule has 1 aromatic rings. The second-order valence-corrected chi connectivity index (χ2v) is 2.95. The first-order valence-electron chi connectivity index (χ1n) is 4.70. The fourth-order valence-corrected chi connectivity index (χ4v) is 0.990. The van der Waals surface area contributed by atoms with E-state index in [0.29, 0.717) is 5.75 Å². The van der Waals surface area contributed by atoms with E-state index >= 15 is 0 Å². The number of ether oxygens (including phenoxy) is 1. The Morgan fingerprint density at radius 2 is 2.00 bits per heavy atom. The summed E-state index contributed by atoms with van der Waals surface area (Å²) in [5.41, 5.74) is 1.02. The lowest BCUT2D eigenvalue weighted by atomic mass is 10.2. The first-order valence-corrected chi connectivity index (χ1v) is 4.70. The SMILES string of the molecule is CC(=O)O.CC=Cc1ccc(O)c(OC)c1. The van der Waals surface area contributed by atoms with Gasteiger partial charge >= 0.3 is 0 Å². The van der Waals surface area contributed by atoms with E-state index in [-0.39, 0.29) is 5.75 Å². The van der Waals surface area contributed by atoms with Crippen molar-refractivity contribution >= 4 is 12.0 Å². The highest BCUT2D eigenvalue weighted by Gasteiger charge is 1.99. The van der Waals surface area contributed by atoms with Gasteiger partial charge in [-0.3, -0.25) is 4.79 Å². The molecule has 0 aliphatic carbocycles. The van der Waals surface area contributed by atoms with Gasteiger partial charge in [0.2, 0.25) is 0 Å². The Kier molecular flexibility index (Phi) is 6.43. The number of aromatic hydroxyl groups is 1. The molecule has 0 saturated heterocycles. The molecule has 1 rings (SSSR count). The molecule has 0 atom stereocenters. The van der Waals surface area contributed by atoms with Crippen LogP contribution in [0.3, 0.4) is 0 Å². The van der Waals surface area contributed by atoms with Gasteiger partial charge in [-0.2, -0.15) is 0 Å². The van der Waals surface area contributed by atoms with Crippen LogP contribution >= 0.6 is 0 Å². The summed E-state index contributed by atoms with van der Waals surface area (Å²) in [6.45, 7) is 3.03. The predicted molar refractivity (Wildman–Crippen MR) is 62.7 cm³/mol. The number of hydrogen-bond acceptors (Lipinski definition) is 3. The topological polar surface area (TPSA) is 66.8 Å². The maximum atomic E-state index is 9.25. The van der Waals surface area contributed by atoms with Crippen LogP contribution in [0.25, 0.3) is 6.08 Å². The zero-order valence-corrected chi connectivity index (χ0v) is 9.60. The quantitative estimate of drug-likeness (QED) is 0.810. The van der Waals surface area contributed by atoms with Gasteiger partial charge in [-0.05, 0) is 24.6 Å². The van der Waals surface area contributed by atoms with Crippen LogP contribution in [0.5, 0.6) is 11.5 Å². The highest BCUT2D eigenvalue weighted by Crippen LogP contribution is 2.26. The van der Waals surface area contributed by atoms with Gasteiger partial charge < -0.3 is 14.9 Å². The number of phenolic OH excluding ortho intramolecular Hbond substituents is 1. The molecule has 0 spiro atoms. The van der Waals surface area contributed by atoms with Crippen LogP contribution in [0.15, 0.2) is 24.3 Å². The Labute approximate surface area is 94.8 Å². The maximum absolute atomic E-state index is 9.25. The van der Waals surface area contributed by atoms with Gasteiger partial charge in [0.1, 0.15) is 0 Å². The summed E-state index contributed by atoms with van der Waals surface area (Å²) >= 11 is 0. The summed E-state index contributed by atoms with van der Waals surface area (Å²) in [5.74, 6) is -0.156. The van der Waals surface area contributed by atoms with Gasteiger partial charge in [0, 0.05) is 6.92 Å². The molecule has 2 N–H and O–H groups in total. The summed E-state index contributed by atoms with van der Waals surface area (Å²) in [6.07, 6.45) is 3.88. The minimum atomic E-state index is -0.833. The van der Waals surface area contributed by atoms with Crippen molar-refractivity contribution in [3.8, 4) is 11.5 Å². The van der Waals surface area contributed by atoms with Crippen LogP contribution in [0, 0.1) is 0 Å². The number of allylic oxidation sites excluding steroid dienone is 1. The molecular formula is C12H16O4. The lowest BCUT2D eigenvalue weighted by Crippen LogP contribution is -1.83. The van der Waals surface area contributed by atoms with Crippen LogP contribution in [-0.4, -0.2) is 23.3 Å². The summed E-state index contributed by atoms with van der Waals surface area (Å²) in [4.78, 5) is 9.00. The van der Waals surface area contributed by atoms with Crippen LogP contribution in [-0.2, 0) is 4.79 Å². The number of carboxylic acid groups (broad SMARTS) is 1. The lowest BCUT2D eigenvalue weighted by molar-refractivity contribution is -0.134. The van der Waals surface area contributed by atoms with Crippen molar-refractivity contribution in [2.45, 2.75) is 13.8 Å². The molecule has 4 heteroatoms. The van der Waals surface area contributed by atoms with E-state index < -0.39 is 5.97 Å². The van der Waals surface area contributed by atoms with Gasteiger partial charge in [-0.25, -0.2) is 0 Å². The third-order valence-corrected chi connectivity index (χ3v) is 1.56. The molecule has 0 saturated carbocycles. The molecule has 0 aliphatic heterocycles. The van der Waals surface area contributed by atoms with E-state index in [9.17, 15) is 5.11 Å².